The summed E-state index contributed by atoms with van der Waals surface area (Å²) in [6.45, 7) is 2.38. The number of carbonyl (C=O) groups is 1. The van der Waals surface area contributed by atoms with Crippen molar-refractivity contribution >= 4 is 17.6 Å². The molecule has 0 bridgehead atoms. The number of ether oxygens (including phenoxy) is 1. The summed E-state index contributed by atoms with van der Waals surface area (Å²) in [5, 5.41) is 10.3. The lowest BCUT2D eigenvalue weighted by Crippen LogP contribution is -2.40. The lowest BCUT2D eigenvalue weighted by molar-refractivity contribution is -0.141. The van der Waals surface area contributed by atoms with Gasteiger partial charge < -0.3 is 9.84 Å². The third-order valence-corrected chi connectivity index (χ3v) is 4.81. The molecule has 0 aromatic rings. The molecule has 3 nitrogen and oxygen atoms in total. The monoisotopic (exact) mass is 274 g/mol. The van der Waals surface area contributed by atoms with E-state index in [1.54, 1.807) is 0 Å². The molecule has 2 aliphatic rings. The highest BCUT2D eigenvalue weighted by Crippen LogP contribution is 2.49. The van der Waals surface area contributed by atoms with E-state index in [1.165, 1.54) is 19.3 Å². The van der Waals surface area contributed by atoms with E-state index in [2.05, 4.69) is 0 Å². The Labute approximate surface area is 114 Å². The number of hydrogen-bond acceptors (Lipinski definition) is 3. The lowest BCUT2D eigenvalue weighted by atomic mass is 9.67. The smallest absolute Gasteiger partial charge is 0.320 e. The van der Waals surface area contributed by atoms with E-state index in [1.807, 2.05) is 6.92 Å². The van der Waals surface area contributed by atoms with Crippen LogP contribution in [0.15, 0.2) is 0 Å². The second-order valence-corrected chi connectivity index (χ2v) is 6.43. The van der Waals surface area contributed by atoms with Crippen molar-refractivity contribution in [2.24, 2.45) is 17.8 Å². The van der Waals surface area contributed by atoms with Gasteiger partial charge in [-0.05, 0) is 50.4 Å². The minimum Gasteiger partial charge on any atom is -0.465 e. The maximum absolute atomic E-state index is 11.0. The summed E-state index contributed by atoms with van der Waals surface area (Å²) in [5.74, 6) is 1.46. The van der Waals surface area contributed by atoms with Gasteiger partial charge in [0.1, 0.15) is 5.88 Å². The topological polar surface area (TPSA) is 46.5 Å². The fourth-order valence-corrected chi connectivity index (χ4v) is 4.06. The Bertz CT molecular complexity index is 303. The maximum atomic E-state index is 11.0. The second-order valence-electron chi connectivity index (χ2n) is 6.16. The van der Waals surface area contributed by atoms with Crippen LogP contribution in [0.3, 0.4) is 0 Å². The van der Waals surface area contributed by atoms with E-state index < -0.39 is 5.60 Å². The molecular formula is C14H23ClO3. The highest BCUT2D eigenvalue weighted by Gasteiger charge is 2.44. The first kappa shape index (κ1) is 14.1. The molecule has 2 saturated carbocycles. The van der Waals surface area contributed by atoms with Gasteiger partial charge in [0.15, 0.2) is 0 Å². The van der Waals surface area contributed by atoms with Crippen molar-refractivity contribution in [3.63, 3.8) is 0 Å². The van der Waals surface area contributed by atoms with Crippen LogP contribution in [-0.4, -0.2) is 29.2 Å². The number of fused-ring (bicyclic) bond motifs is 1. The van der Waals surface area contributed by atoms with Crippen molar-refractivity contribution in [2.45, 2.75) is 51.0 Å². The zero-order chi connectivity index (χ0) is 13.2. The molecule has 0 aromatic carbocycles. The van der Waals surface area contributed by atoms with Gasteiger partial charge in [0.05, 0.1) is 12.2 Å². The molecule has 4 heteroatoms. The number of alkyl halides is 1. The summed E-state index contributed by atoms with van der Waals surface area (Å²) in [5.41, 5.74) is -0.535. The highest BCUT2D eigenvalue weighted by molar-refractivity contribution is 6.26. The molecule has 1 N–H and O–H groups in total. The van der Waals surface area contributed by atoms with Crippen LogP contribution >= 0.6 is 11.6 Å². The first-order valence-corrected chi connectivity index (χ1v) is 7.49. The van der Waals surface area contributed by atoms with Crippen molar-refractivity contribution in [3.05, 3.63) is 0 Å². The van der Waals surface area contributed by atoms with Gasteiger partial charge in [-0.25, -0.2) is 0 Å². The molecule has 0 heterocycles. The van der Waals surface area contributed by atoms with E-state index in [-0.39, 0.29) is 11.8 Å². The third kappa shape index (κ3) is 3.39. The molecule has 104 valence electrons. The van der Waals surface area contributed by atoms with Gasteiger partial charge in [0.25, 0.3) is 0 Å². The zero-order valence-electron chi connectivity index (χ0n) is 11.0. The molecule has 0 saturated heterocycles. The van der Waals surface area contributed by atoms with Crippen LogP contribution in [0.2, 0.25) is 0 Å². The van der Waals surface area contributed by atoms with Crippen LogP contribution in [-0.2, 0) is 9.53 Å². The second kappa shape index (κ2) is 5.79. The first-order chi connectivity index (χ1) is 8.52. The lowest BCUT2D eigenvalue weighted by Gasteiger charge is -2.42. The van der Waals surface area contributed by atoms with Crippen LogP contribution in [0.5, 0.6) is 0 Å². The van der Waals surface area contributed by atoms with Crippen molar-refractivity contribution in [3.8, 4) is 0 Å². The number of hydrogen-bond donors (Lipinski definition) is 1. The van der Waals surface area contributed by atoms with Crippen LogP contribution in [0, 0.1) is 17.8 Å². The molecule has 0 spiro atoms. The average Bonchev–Trinajstić information content (AvgIpc) is 2.74. The van der Waals surface area contributed by atoms with Gasteiger partial charge in [-0.3, -0.25) is 4.79 Å². The van der Waals surface area contributed by atoms with Gasteiger partial charge in [-0.2, -0.15) is 0 Å². The molecule has 0 aliphatic heterocycles. The van der Waals surface area contributed by atoms with Crippen molar-refractivity contribution in [2.75, 3.05) is 12.5 Å². The normalized spacial score (nSPS) is 39.4. The molecule has 0 aromatic heterocycles. The van der Waals surface area contributed by atoms with Gasteiger partial charge in [-0.15, -0.1) is 11.6 Å². The summed E-state index contributed by atoms with van der Waals surface area (Å²) in [6.07, 6.45) is 6.44. The Morgan fingerprint density at radius 3 is 2.94 bits per heavy atom. The number of aliphatic hydroxyl groups is 1. The standard InChI is InChI=1S/C14H23ClO3/c1-14(17)7-10-3-2-4-12(10)11(8-14)5-6-18-13(16)9-15/h10-12,17H,2-9H2,1H3. The maximum Gasteiger partial charge on any atom is 0.320 e. The Kier molecular flexibility index (Phi) is 4.54. The molecule has 0 radical (unpaired) electrons. The largest absolute Gasteiger partial charge is 0.465 e. The zero-order valence-corrected chi connectivity index (χ0v) is 11.8. The fraction of sp³-hybridized carbons (Fsp3) is 0.929. The van der Waals surface area contributed by atoms with Crippen LogP contribution in [0.1, 0.15) is 45.4 Å². The minimum atomic E-state index is -0.535. The summed E-state index contributed by atoms with van der Waals surface area (Å²) in [6, 6.07) is 0. The van der Waals surface area contributed by atoms with Gasteiger partial charge in [-0.1, -0.05) is 12.8 Å². The summed E-state index contributed by atoms with van der Waals surface area (Å²) in [7, 11) is 0. The summed E-state index contributed by atoms with van der Waals surface area (Å²) in [4.78, 5) is 11.0. The van der Waals surface area contributed by atoms with Crippen molar-refractivity contribution in [1.82, 2.24) is 0 Å². The van der Waals surface area contributed by atoms with Crippen molar-refractivity contribution in [1.29, 1.82) is 0 Å². The Morgan fingerprint density at radius 2 is 2.22 bits per heavy atom. The van der Waals surface area contributed by atoms with E-state index >= 15 is 0 Å². The van der Waals surface area contributed by atoms with E-state index in [0.29, 0.717) is 18.4 Å². The molecule has 4 atom stereocenters. The molecule has 2 fully saturated rings. The van der Waals surface area contributed by atoms with E-state index in [0.717, 1.165) is 25.2 Å². The van der Waals surface area contributed by atoms with Crippen LogP contribution in [0.25, 0.3) is 0 Å². The molecule has 4 unspecified atom stereocenters. The highest BCUT2D eigenvalue weighted by atomic mass is 35.5. The molecular weight excluding hydrogens is 252 g/mol. The SMILES string of the molecule is CC1(O)CC2CCCC2C(CCOC(=O)CCl)C1. The Hall–Kier alpha value is -0.280. The van der Waals surface area contributed by atoms with E-state index in [4.69, 9.17) is 16.3 Å². The third-order valence-electron chi connectivity index (χ3n) is 4.59. The minimum absolute atomic E-state index is 0.0750. The predicted octanol–water partition coefficient (Wildman–Crippen LogP) is 2.74. The molecule has 2 rings (SSSR count). The van der Waals surface area contributed by atoms with Gasteiger partial charge in [0.2, 0.25) is 0 Å². The number of rotatable bonds is 4. The van der Waals surface area contributed by atoms with Gasteiger partial charge >= 0.3 is 5.97 Å². The quantitative estimate of drug-likeness (QED) is 0.633. The fourth-order valence-electron chi connectivity index (χ4n) is 3.98. The first-order valence-electron chi connectivity index (χ1n) is 6.96. The Balaban J connectivity index is 1.87. The Morgan fingerprint density at radius 1 is 1.44 bits per heavy atom. The summed E-state index contributed by atoms with van der Waals surface area (Å²) >= 11 is 5.39. The van der Waals surface area contributed by atoms with Crippen LogP contribution < -0.4 is 0 Å². The molecule has 0 amide bonds. The summed E-state index contributed by atoms with van der Waals surface area (Å²) < 4.78 is 5.06. The molecule has 2 aliphatic carbocycles. The van der Waals surface area contributed by atoms with Gasteiger partial charge in [0, 0.05) is 0 Å². The predicted molar refractivity (Wildman–Crippen MR) is 70.5 cm³/mol. The molecule has 18 heavy (non-hydrogen) atoms. The number of carbonyl (C=O) groups excluding carboxylic acids is 1. The van der Waals surface area contributed by atoms with Crippen molar-refractivity contribution < 1.29 is 14.6 Å². The van der Waals surface area contributed by atoms with Crippen LogP contribution in [0.4, 0.5) is 0 Å². The van der Waals surface area contributed by atoms with E-state index in [9.17, 15) is 9.90 Å². The number of halogens is 1. The average molecular weight is 275 g/mol. The number of esters is 1.